The van der Waals surface area contributed by atoms with E-state index in [1.807, 2.05) is 4.90 Å². The molecular formula is C19H30N4O2. The van der Waals surface area contributed by atoms with Gasteiger partial charge in [0.25, 0.3) is 5.91 Å². The lowest BCUT2D eigenvalue weighted by Crippen LogP contribution is -2.55. The minimum atomic E-state index is -0.0867. The molecule has 2 heterocycles. The Kier molecular flexibility index (Phi) is 6.64. The zero-order valence-electron chi connectivity index (χ0n) is 16.0. The summed E-state index contributed by atoms with van der Waals surface area (Å²) >= 11 is 0. The van der Waals surface area contributed by atoms with Crippen LogP contribution in [0.2, 0.25) is 0 Å². The predicted molar refractivity (Wildman–Crippen MR) is 97.7 cm³/mol. The summed E-state index contributed by atoms with van der Waals surface area (Å²) in [4.78, 5) is 28.3. The Morgan fingerprint density at radius 2 is 2.04 bits per heavy atom. The van der Waals surface area contributed by atoms with Crippen LogP contribution in [0.15, 0.2) is 6.07 Å². The molecule has 2 rings (SSSR count). The Bertz CT molecular complexity index is 613. The average molecular weight is 346 g/mol. The zero-order chi connectivity index (χ0) is 18.6. The van der Waals surface area contributed by atoms with Crippen molar-refractivity contribution in [2.75, 3.05) is 26.7 Å². The minimum absolute atomic E-state index is 0.0867. The molecule has 0 aromatic carbocycles. The van der Waals surface area contributed by atoms with Crippen LogP contribution < -0.4 is 0 Å². The monoisotopic (exact) mass is 346 g/mol. The second-order valence-corrected chi connectivity index (χ2v) is 7.54. The molecule has 1 aliphatic rings. The molecule has 1 aromatic heterocycles. The molecule has 0 bridgehead atoms. The van der Waals surface area contributed by atoms with E-state index in [-0.39, 0.29) is 5.91 Å². The van der Waals surface area contributed by atoms with Gasteiger partial charge in [0.2, 0.25) is 0 Å². The summed E-state index contributed by atoms with van der Waals surface area (Å²) in [6, 6.07) is 2.11. The molecule has 0 radical (unpaired) electrons. The second-order valence-electron chi connectivity index (χ2n) is 7.54. The molecule has 0 aliphatic carbocycles. The number of hydrogen-bond acceptors (Lipinski definition) is 5. The second kappa shape index (κ2) is 8.52. The molecule has 138 valence electrons. The molecule has 0 spiro atoms. The summed E-state index contributed by atoms with van der Waals surface area (Å²) in [5.41, 5.74) is 1.48. The minimum Gasteiger partial charge on any atom is -0.334 e. The first-order valence-electron chi connectivity index (χ1n) is 9.18. The quantitative estimate of drug-likeness (QED) is 0.740. The van der Waals surface area contributed by atoms with Gasteiger partial charge in [-0.05, 0) is 36.9 Å². The molecule has 1 aliphatic heterocycles. The number of carbonyl (C=O) groups excluding carboxylic acids is 2. The maximum absolute atomic E-state index is 12.9. The largest absolute Gasteiger partial charge is 0.334 e. The van der Waals surface area contributed by atoms with Crippen molar-refractivity contribution in [3.8, 4) is 0 Å². The number of amides is 1. The van der Waals surface area contributed by atoms with E-state index in [4.69, 9.17) is 0 Å². The van der Waals surface area contributed by atoms with Gasteiger partial charge in [0.15, 0.2) is 12.0 Å². The van der Waals surface area contributed by atoms with Crippen molar-refractivity contribution in [2.24, 2.45) is 11.8 Å². The standard InChI is InChI=1S/C19H30N4O2/c1-6-14(4)18-11-23(8-7-22(18)5)19(25)16-10-15(9-13(2)3)17(12-24)21-20-16/h10,12-14,18H,6-9,11H2,1-5H3/t14?,18-/m1/s1. The summed E-state index contributed by atoms with van der Waals surface area (Å²) in [6.07, 6.45) is 2.51. The van der Waals surface area contributed by atoms with Crippen LogP contribution in [0.4, 0.5) is 0 Å². The van der Waals surface area contributed by atoms with E-state index < -0.39 is 0 Å². The van der Waals surface area contributed by atoms with Gasteiger partial charge in [-0.3, -0.25) is 14.5 Å². The number of rotatable bonds is 6. The van der Waals surface area contributed by atoms with Crippen LogP contribution >= 0.6 is 0 Å². The van der Waals surface area contributed by atoms with E-state index in [2.05, 4.69) is 49.8 Å². The fourth-order valence-corrected chi connectivity index (χ4v) is 3.38. The highest BCUT2D eigenvalue weighted by atomic mass is 16.2. The first-order valence-corrected chi connectivity index (χ1v) is 9.18. The van der Waals surface area contributed by atoms with Gasteiger partial charge < -0.3 is 4.90 Å². The van der Waals surface area contributed by atoms with E-state index >= 15 is 0 Å². The van der Waals surface area contributed by atoms with Crippen LogP contribution in [-0.2, 0) is 6.42 Å². The summed E-state index contributed by atoms with van der Waals surface area (Å²) in [7, 11) is 2.12. The van der Waals surface area contributed by atoms with Crippen molar-refractivity contribution in [1.82, 2.24) is 20.0 Å². The Labute approximate surface area is 150 Å². The number of carbonyl (C=O) groups is 2. The molecule has 0 N–H and O–H groups in total. The van der Waals surface area contributed by atoms with Crippen LogP contribution in [0.25, 0.3) is 0 Å². The summed E-state index contributed by atoms with van der Waals surface area (Å²) in [5, 5.41) is 7.99. The lowest BCUT2D eigenvalue weighted by molar-refractivity contribution is 0.0436. The number of aldehydes is 1. The van der Waals surface area contributed by atoms with Crippen LogP contribution in [0.1, 0.15) is 60.7 Å². The molecule has 2 atom stereocenters. The van der Waals surface area contributed by atoms with E-state index in [9.17, 15) is 9.59 Å². The Morgan fingerprint density at radius 1 is 1.32 bits per heavy atom. The van der Waals surface area contributed by atoms with Crippen LogP contribution in [0.5, 0.6) is 0 Å². The molecule has 1 fully saturated rings. The van der Waals surface area contributed by atoms with Gasteiger partial charge in [-0.2, -0.15) is 0 Å². The van der Waals surface area contributed by atoms with Gasteiger partial charge in [-0.1, -0.05) is 34.1 Å². The summed E-state index contributed by atoms with van der Waals surface area (Å²) < 4.78 is 0. The Morgan fingerprint density at radius 3 is 2.64 bits per heavy atom. The highest BCUT2D eigenvalue weighted by molar-refractivity contribution is 5.93. The molecule has 6 heteroatoms. The molecule has 0 saturated carbocycles. The fourth-order valence-electron chi connectivity index (χ4n) is 3.38. The normalized spacial score (nSPS) is 19.9. The number of piperazine rings is 1. The SMILES string of the molecule is CCC(C)[C@H]1CN(C(=O)c2cc(CC(C)C)c(C=O)nn2)CCN1C. The van der Waals surface area contributed by atoms with Crippen LogP contribution in [0, 0.1) is 11.8 Å². The van der Waals surface area contributed by atoms with Crippen molar-refractivity contribution in [1.29, 1.82) is 0 Å². The van der Waals surface area contributed by atoms with Crippen molar-refractivity contribution in [3.05, 3.63) is 23.0 Å². The van der Waals surface area contributed by atoms with Gasteiger partial charge >= 0.3 is 0 Å². The first-order chi connectivity index (χ1) is 11.9. The van der Waals surface area contributed by atoms with E-state index in [0.717, 1.165) is 18.5 Å². The van der Waals surface area contributed by atoms with Crippen molar-refractivity contribution < 1.29 is 9.59 Å². The third-order valence-electron chi connectivity index (χ3n) is 5.15. The first kappa shape index (κ1) is 19.5. The van der Waals surface area contributed by atoms with Gasteiger partial charge in [-0.25, -0.2) is 0 Å². The van der Waals surface area contributed by atoms with Crippen LogP contribution in [0.3, 0.4) is 0 Å². The number of hydrogen-bond donors (Lipinski definition) is 0. The van der Waals surface area contributed by atoms with Crippen molar-refractivity contribution in [3.63, 3.8) is 0 Å². The maximum atomic E-state index is 12.9. The van der Waals surface area contributed by atoms with E-state index in [1.165, 1.54) is 0 Å². The highest BCUT2D eigenvalue weighted by Crippen LogP contribution is 2.20. The predicted octanol–water partition coefficient (Wildman–Crippen LogP) is 2.29. The smallest absolute Gasteiger partial charge is 0.274 e. The molecule has 25 heavy (non-hydrogen) atoms. The highest BCUT2D eigenvalue weighted by Gasteiger charge is 2.31. The summed E-state index contributed by atoms with van der Waals surface area (Å²) in [6.45, 7) is 10.8. The molecule has 1 aromatic rings. The van der Waals surface area contributed by atoms with Crippen molar-refractivity contribution >= 4 is 12.2 Å². The number of aromatic nitrogens is 2. The zero-order valence-corrected chi connectivity index (χ0v) is 16.0. The lowest BCUT2D eigenvalue weighted by Gasteiger charge is -2.42. The van der Waals surface area contributed by atoms with Crippen molar-refractivity contribution in [2.45, 2.75) is 46.6 Å². The van der Waals surface area contributed by atoms with E-state index in [0.29, 0.717) is 55.1 Å². The molecular weight excluding hydrogens is 316 g/mol. The molecule has 1 amide bonds. The third-order valence-corrected chi connectivity index (χ3v) is 5.15. The number of nitrogens with zero attached hydrogens (tertiary/aromatic N) is 4. The molecule has 1 unspecified atom stereocenters. The molecule has 1 saturated heterocycles. The average Bonchev–Trinajstić information content (AvgIpc) is 2.60. The van der Waals surface area contributed by atoms with Gasteiger partial charge in [-0.15, -0.1) is 10.2 Å². The number of likely N-dealkylation sites (N-methyl/N-ethyl adjacent to an activating group) is 1. The van der Waals surface area contributed by atoms with Crippen LogP contribution in [-0.4, -0.2) is 64.9 Å². The lowest BCUT2D eigenvalue weighted by atomic mass is 9.95. The third kappa shape index (κ3) is 4.63. The molecule has 6 nitrogen and oxygen atoms in total. The Balaban J connectivity index is 2.20. The van der Waals surface area contributed by atoms with E-state index in [1.54, 1.807) is 6.07 Å². The van der Waals surface area contributed by atoms with Gasteiger partial charge in [0.05, 0.1) is 0 Å². The fraction of sp³-hybridized carbons (Fsp3) is 0.684. The summed E-state index contributed by atoms with van der Waals surface area (Å²) in [5.74, 6) is 0.821. The van der Waals surface area contributed by atoms with Gasteiger partial charge in [0, 0.05) is 25.7 Å². The Hall–Kier alpha value is -1.82. The topological polar surface area (TPSA) is 66.4 Å². The van der Waals surface area contributed by atoms with Gasteiger partial charge in [0.1, 0.15) is 5.69 Å². The maximum Gasteiger partial charge on any atom is 0.274 e.